The number of nitro groups is 2. The van der Waals surface area contributed by atoms with E-state index >= 15 is 0 Å². The highest BCUT2D eigenvalue weighted by Gasteiger charge is 2.15. The van der Waals surface area contributed by atoms with Gasteiger partial charge in [0.05, 0.1) is 28.1 Å². The van der Waals surface area contributed by atoms with Crippen molar-refractivity contribution in [1.82, 2.24) is 4.98 Å². The van der Waals surface area contributed by atoms with Crippen LogP contribution in [0.1, 0.15) is 47.2 Å². The molecule has 2 amide bonds. The summed E-state index contributed by atoms with van der Waals surface area (Å²) in [6, 6.07) is 41.6. The molecule has 0 saturated carbocycles. The zero-order valence-electron chi connectivity index (χ0n) is 34.5. The third-order valence-corrected chi connectivity index (χ3v) is 9.37. The number of primary amides is 2. The molecule has 4 aromatic carbocycles. The van der Waals surface area contributed by atoms with E-state index in [0.29, 0.717) is 39.6 Å². The number of hydrogen-bond acceptors (Lipinski definition) is 11. The molecule has 0 radical (unpaired) electrons. The van der Waals surface area contributed by atoms with E-state index in [1.807, 2.05) is 36.4 Å². The molecule has 4 N–H and O–H groups in total. The van der Waals surface area contributed by atoms with Gasteiger partial charge in [-0.3, -0.25) is 39.4 Å². The Morgan fingerprint density at radius 3 is 1.64 bits per heavy atom. The molecule has 0 unspecified atom stereocenters. The molecule has 17 heteroatoms. The molecule has 8 rings (SSSR count). The highest BCUT2D eigenvalue weighted by molar-refractivity contribution is 6.05. The Labute approximate surface area is 386 Å². The maximum atomic E-state index is 11.9. The van der Waals surface area contributed by atoms with Crippen molar-refractivity contribution in [2.24, 2.45) is 11.5 Å². The van der Waals surface area contributed by atoms with Crippen LogP contribution in [0.5, 0.6) is 0 Å². The zero-order chi connectivity index (χ0) is 46.3. The number of hydrogen-bond donors (Lipinski definition) is 2. The summed E-state index contributed by atoms with van der Waals surface area (Å²) in [5, 5.41) is 21.4. The Morgan fingerprint density at radius 1 is 0.591 bits per heavy atom. The molecular formula is C49H37BrN6O10. The van der Waals surface area contributed by atoms with Gasteiger partial charge in [-0.05, 0) is 108 Å². The number of nitrogens with two attached hydrogens (primary N) is 2. The number of rotatable bonds is 13. The molecule has 0 aliphatic heterocycles. The van der Waals surface area contributed by atoms with Gasteiger partial charge in [-0.25, -0.2) is 4.98 Å². The Balaban J connectivity index is 0.000000193. The molecule has 0 aliphatic rings. The lowest BCUT2D eigenvalue weighted by molar-refractivity contribution is -0.683. The summed E-state index contributed by atoms with van der Waals surface area (Å²) >= 11 is 0. The van der Waals surface area contributed by atoms with Crippen molar-refractivity contribution >= 4 is 40.8 Å². The Morgan fingerprint density at radius 2 is 1.11 bits per heavy atom. The number of pyridine rings is 2. The summed E-state index contributed by atoms with van der Waals surface area (Å²) in [5.74, 6) is -0.366. The minimum Gasteiger partial charge on any atom is -1.00 e. The molecule has 0 fully saturated rings. The molecule has 4 aromatic heterocycles. The van der Waals surface area contributed by atoms with Crippen LogP contribution in [0, 0.1) is 20.2 Å². The van der Waals surface area contributed by atoms with Crippen LogP contribution >= 0.6 is 0 Å². The molecule has 16 nitrogen and oxygen atoms in total. The lowest BCUT2D eigenvalue weighted by Crippen LogP contribution is -3.00. The summed E-state index contributed by atoms with van der Waals surface area (Å²) in [4.78, 5) is 70.8. The maximum absolute atomic E-state index is 11.9. The number of amides is 2. The van der Waals surface area contributed by atoms with Gasteiger partial charge in [0, 0.05) is 58.7 Å². The minimum absolute atomic E-state index is 0. The topological polar surface area (TPSA) is 250 Å². The summed E-state index contributed by atoms with van der Waals surface area (Å²) in [7, 11) is 0. The number of nitrogens with zero attached hydrogens (tertiary/aromatic N) is 4. The fourth-order valence-corrected chi connectivity index (χ4v) is 5.97. The molecule has 0 atom stereocenters. The first-order chi connectivity index (χ1) is 31.3. The number of halogens is 1. The standard InChI is InChI=1S/C22H15N3O4.C14H11NO3.C13H11N2O3.BrH/c23-22(26)16-5-3-14(4-6-16)17-12-19(15-7-9-18(10-8-15)25(27)28)24-20(13-17)21-2-1-11-29-21;15-14(17)11-6-3-10(4-7-11)5-8-12(16)13-2-1-9-18-13;16-13(10-14-8-2-1-3-9-14)11-4-6-12(7-5-11)15(17)18;/h1-13H,(H2,23,26);1-9H,(H2,15,17);1-9H,10H2;1H/q;;+1;/p-1/b;8-5+;;. The average Bonchev–Trinajstić information content (AvgIpc) is 4.09. The van der Waals surface area contributed by atoms with Crippen LogP contribution in [-0.4, -0.2) is 38.2 Å². The first-order valence-corrected chi connectivity index (χ1v) is 19.4. The Bertz CT molecular complexity index is 2880. The first kappa shape index (κ1) is 48.1. The fourth-order valence-electron chi connectivity index (χ4n) is 5.97. The summed E-state index contributed by atoms with van der Waals surface area (Å²) in [6.07, 6.45) is 9.67. The molecule has 0 spiro atoms. The number of ketones is 2. The lowest BCUT2D eigenvalue weighted by atomic mass is 10.0. The largest absolute Gasteiger partial charge is 1.00 e. The van der Waals surface area contributed by atoms with Crippen molar-refractivity contribution in [2.75, 3.05) is 0 Å². The first-order valence-electron chi connectivity index (χ1n) is 19.4. The van der Waals surface area contributed by atoms with Crippen molar-refractivity contribution in [1.29, 1.82) is 0 Å². The van der Waals surface area contributed by atoms with E-state index < -0.39 is 21.7 Å². The Hall–Kier alpha value is -8.96. The van der Waals surface area contributed by atoms with Crippen LogP contribution in [0.4, 0.5) is 11.4 Å². The average molecular weight is 950 g/mol. The normalized spacial score (nSPS) is 10.3. The van der Waals surface area contributed by atoms with Gasteiger partial charge in [-0.2, -0.15) is 4.57 Å². The van der Waals surface area contributed by atoms with Crippen LogP contribution in [0.15, 0.2) is 191 Å². The molecule has 8 aromatic rings. The predicted octanol–water partition coefficient (Wildman–Crippen LogP) is 5.73. The molecule has 0 aliphatic carbocycles. The van der Waals surface area contributed by atoms with Crippen LogP contribution in [0.3, 0.4) is 0 Å². The van der Waals surface area contributed by atoms with E-state index in [9.17, 15) is 39.4 Å². The second-order valence-corrected chi connectivity index (χ2v) is 13.8. The van der Waals surface area contributed by atoms with Gasteiger partial charge in [-0.1, -0.05) is 36.4 Å². The minimum atomic E-state index is -0.492. The van der Waals surface area contributed by atoms with Crippen molar-refractivity contribution in [3.8, 4) is 33.8 Å². The lowest BCUT2D eigenvalue weighted by Gasteiger charge is -2.09. The number of benzene rings is 4. The van der Waals surface area contributed by atoms with Gasteiger partial charge < -0.3 is 37.3 Å². The smallest absolute Gasteiger partial charge is 0.269 e. The number of non-ortho nitro benzene ring substituents is 2. The monoisotopic (exact) mass is 948 g/mol. The number of aromatic nitrogens is 2. The zero-order valence-corrected chi connectivity index (χ0v) is 36.1. The van der Waals surface area contributed by atoms with Crippen molar-refractivity contribution in [3.63, 3.8) is 0 Å². The number of allylic oxidation sites excluding steroid dienone is 1. The maximum Gasteiger partial charge on any atom is 0.269 e. The molecule has 66 heavy (non-hydrogen) atoms. The fraction of sp³-hybridized carbons (Fsp3) is 0.0204. The molecular weight excluding hydrogens is 912 g/mol. The van der Waals surface area contributed by atoms with Gasteiger partial charge in [0.2, 0.25) is 29.9 Å². The molecule has 330 valence electrons. The van der Waals surface area contributed by atoms with E-state index in [0.717, 1.165) is 22.3 Å². The summed E-state index contributed by atoms with van der Waals surface area (Å²) in [5.41, 5.74) is 16.3. The second kappa shape index (κ2) is 22.9. The second-order valence-electron chi connectivity index (χ2n) is 13.8. The van der Waals surface area contributed by atoms with Gasteiger partial charge >= 0.3 is 0 Å². The van der Waals surface area contributed by atoms with Crippen molar-refractivity contribution in [3.05, 3.63) is 231 Å². The molecule has 0 bridgehead atoms. The number of furan rings is 2. The molecule has 0 saturated heterocycles. The summed E-state index contributed by atoms with van der Waals surface area (Å²) in [6.45, 7) is 0.221. The number of carbonyl (C=O) groups excluding carboxylic acids is 4. The third-order valence-electron chi connectivity index (χ3n) is 9.37. The third kappa shape index (κ3) is 13.3. The van der Waals surface area contributed by atoms with E-state index in [1.165, 1.54) is 48.7 Å². The number of Topliss-reactive ketones (excluding diaryl/α,β-unsaturated/α-hetero) is 1. The van der Waals surface area contributed by atoms with Gasteiger partial charge in [0.15, 0.2) is 23.9 Å². The van der Waals surface area contributed by atoms with Crippen molar-refractivity contribution in [2.45, 2.75) is 6.54 Å². The Kier molecular flexibility index (Phi) is 16.7. The van der Waals surface area contributed by atoms with Crippen LogP contribution in [0.2, 0.25) is 0 Å². The van der Waals surface area contributed by atoms with E-state index in [1.54, 1.807) is 108 Å². The van der Waals surface area contributed by atoms with E-state index in [2.05, 4.69) is 4.98 Å². The van der Waals surface area contributed by atoms with E-state index in [4.69, 9.17) is 20.3 Å². The summed E-state index contributed by atoms with van der Waals surface area (Å²) < 4.78 is 12.2. The highest BCUT2D eigenvalue weighted by atomic mass is 79.9. The van der Waals surface area contributed by atoms with Crippen LogP contribution in [0.25, 0.3) is 39.9 Å². The molecule has 4 heterocycles. The van der Waals surface area contributed by atoms with E-state index in [-0.39, 0.29) is 46.5 Å². The van der Waals surface area contributed by atoms with Crippen LogP contribution < -0.4 is 33.0 Å². The van der Waals surface area contributed by atoms with Gasteiger partial charge in [-0.15, -0.1) is 0 Å². The quantitative estimate of drug-likeness (QED) is 0.0465. The van der Waals surface area contributed by atoms with Gasteiger partial charge in [0.1, 0.15) is 5.69 Å². The highest BCUT2D eigenvalue weighted by Crippen LogP contribution is 2.31. The van der Waals surface area contributed by atoms with Crippen molar-refractivity contribution < 1.29 is 59.4 Å². The predicted molar refractivity (Wildman–Crippen MR) is 239 cm³/mol. The number of nitro benzene ring substituents is 2. The number of carbonyl (C=O) groups is 4. The van der Waals surface area contributed by atoms with Crippen LogP contribution in [-0.2, 0) is 6.54 Å². The van der Waals surface area contributed by atoms with Gasteiger partial charge in [0.25, 0.3) is 11.4 Å². The SMILES string of the molecule is NC(=O)c1ccc(-c2cc(-c3ccc([N+](=O)[O-])cc3)nc(-c3ccco3)c2)cc1.NC(=O)c1ccc(/C=C/C(=O)c2ccco2)cc1.O=C(C[n+]1ccccc1)c1ccc([N+](=O)[O-])cc1.[Br-].